The van der Waals surface area contributed by atoms with Crippen molar-refractivity contribution in [3.05, 3.63) is 53.8 Å². The minimum absolute atomic E-state index is 0.0171. The molecule has 2 aromatic carbocycles. The first-order valence-electron chi connectivity index (χ1n) is 10.2. The van der Waals surface area contributed by atoms with E-state index in [0.29, 0.717) is 23.7 Å². The summed E-state index contributed by atoms with van der Waals surface area (Å²) in [5.41, 5.74) is 1.30. The van der Waals surface area contributed by atoms with Crippen molar-refractivity contribution in [3.8, 4) is 11.5 Å². The van der Waals surface area contributed by atoms with Crippen LogP contribution in [0.4, 0.5) is 10.1 Å². The largest absolute Gasteiger partial charge is 0.497 e. The molecule has 0 saturated carbocycles. The summed E-state index contributed by atoms with van der Waals surface area (Å²) in [7, 11) is 4.92. The first kappa shape index (κ1) is 22.6. The third kappa shape index (κ3) is 5.73. The van der Waals surface area contributed by atoms with Gasteiger partial charge in [0, 0.05) is 17.8 Å². The second kappa shape index (κ2) is 10.3. The van der Waals surface area contributed by atoms with Crippen LogP contribution in [0.5, 0.6) is 11.5 Å². The van der Waals surface area contributed by atoms with Crippen LogP contribution in [0.15, 0.2) is 42.5 Å². The molecule has 8 heteroatoms. The number of amides is 2. The zero-order valence-electron chi connectivity index (χ0n) is 18.1. The van der Waals surface area contributed by atoms with Crippen LogP contribution in [0.25, 0.3) is 0 Å². The number of carbonyl (C=O) groups is 2. The number of anilines is 1. The van der Waals surface area contributed by atoms with E-state index in [1.807, 2.05) is 23.1 Å². The van der Waals surface area contributed by atoms with Crippen molar-refractivity contribution in [3.63, 3.8) is 0 Å². The Labute approximate surface area is 181 Å². The Morgan fingerprint density at radius 2 is 1.97 bits per heavy atom. The lowest BCUT2D eigenvalue weighted by Gasteiger charge is -2.28. The normalized spacial score (nSPS) is 15.8. The van der Waals surface area contributed by atoms with Gasteiger partial charge in [-0.3, -0.25) is 14.5 Å². The van der Waals surface area contributed by atoms with Gasteiger partial charge in [0.1, 0.15) is 17.3 Å². The van der Waals surface area contributed by atoms with Crippen molar-refractivity contribution in [2.24, 2.45) is 0 Å². The summed E-state index contributed by atoms with van der Waals surface area (Å²) >= 11 is 0. The van der Waals surface area contributed by atoms with Crippen molar-refractivity contribution in [2.75, 3.05) is 46.2 Å². The minimum Gasteiger partial charge on any atom is -0.497 e. The zero-order valence-corrected chi connectivity index (χ0v) is 18.1. The Bertz CT molecular complexity index is 937. The number of benzene rings is 2. The fraction of sp³-hybridized carbons (Fsp3) is 0.391. The van der Waals surface area contributed by atoms with Crippen LogP contribution in [-0.2, 0) is 9.59 Å². The molecule has 1 fully saturated rings. The predicted octanol–water partition coefficient (Wildman–Crippen LogP) is 3.08. The van der Waals surface area contributed by atoms with Crippen molar-refractivity contribution in [1.82, 2.24) is 9.80 Å². The fourth-order valence-electron chi connectivity index (χ4n) is 3.88. The Morgan fingerprint density at radius 3 is 2.68 bits per heavy atom. The van der Waals surface area contributed by atoms with Crippen LogP contribution in [-0.4, -0.2) is 62.5 Å². The molecule has 1 aliphatic heterocycles. The molecule has 0 spiro atoms. The van der Waals surface area contributed by atoms with E-state index in [4.69, 9.17) is 9.47 Å². The third-order valence-electron chi connectivity index (χ3n) is 5.30. The maximum atomic E-state index is 13.3. The molecule has 2 aromatic rings. The summed E-state index contributed by atoms with van der Waals surface area (Å²) in [6, 6.07) is 11.2. The SMILES string of the molecule is COc1ccc(OC)c(C2CCCN2C(=O)CN(C)CC(=O)Nc2cccc(F)c2)c1. The lowest BCUT2D eigenvalue weighted by atomic mass is 10.0. The second-order valence-corrected chi connectivity index (χ2v) is 7.58. The van der Waals surface area contributed by atoms with Gasteiger partial charge in [0.05, 0.1) is 33.4 Å². The van der Waals surface area contributed by atoms with Crippen molar-refractivity contribution >= 4 is 17.5 Å². The highest BCUT2D eigenvalue weighted by Gasteiger charge is 2.32. The number of likely N-dealkylation sites (tertiary alicyclic amines) is 1. The smallest absolute Gasteiger partial charge is 0.238 e. The molecule has 1 saturated heterocycles. The van der Waals surface area contributed by atoms with Gasteiger partial charge >= 0.3 is 0 Å². The van der Waals surface area contributed by atoms with Gasteiger partial charge in [-0.25, -0.2) is 4.39 Å². The molecule has 3 rings (SSSR count). The summed E-state index contributed by atoms with van der Waals surface area (Å²) < 4.78 is 24.1. The Hall–Kier alpha value is -3.13. The highest BCUT2D eigenvalue weighted by Crippen LogP contribution is 2.38. The minimum atomic E-state index is -0.422. The van der Waals surface area contributed by atoms with Gasteiger partial charge in [-0.15, -0.1) is 0 Å². The number of nitrogens with one attached hydrogen (secondary N) is 1. The van der Waals surface area contributed by atoms with E-state index in [1.165, 1.54) is 18.2 Å². The number of likely N-dealkylation sites (N-methyl/N-ethyl adjacent to an activating group) is 1. The number of nitrogens with zero attached hydrogens (tertiary/aromatic N) is 2. The number of hydrogen-bond donors (Lipinski definition) is 1. The van der Waals surface area contributed by atoms with Gasteiger partial charge in [0.25, 0.3) is 0 Å². The van der Waals surface area contributed by atoms with Gasteiger partial charge in [-0.1, -0.05) is 6.07 Å². The van der Waals surface area contributed by atoms with Crippen LogP contribution in [0.3, 0.4) is 0 Å². The molecule has 166 valence electrons. The van der Waals surface area contributed by atoms with E-state index in [1.54, 1.807) is 32.2 Å². The molecule has 7 nitrogen and oxygen atoms in total. The van der Waals surface area contributed by atoms with E-state index < -0.39 is 5.82 Å². The number of methoxy groups -OCH3 is 2. The summed E-state index contributed by atoms with van der Waals surface area (Å²) in [5.74, 6) is 0.630. The van der Waals surface area contributed by atoms with Gasteiger partial charge in [-0.05, 0) is 56.3 Å². The summed E-state index contributed by atoms with van der Waals surface area (Å²) in [5, 5.41) is 2.64. The molecule has 1 heterocycles. The first-order chi connectivity index (χ1) is 14.9. The van der Waals surface area contributed by atoms with Gasteiger partial charge in [0.2, 0.25) is 11.8 Å². The molecule has 1 atom stereocenters. The number of rotatable bonds is 8. The standard InChI is InChI=1S/C23H28FN3O4/c1-26(14-22(28)25-17-7-4-6-16(24)12-17)15-23(29)27-11-5-8-20(27)19-13-18(30-2)9-10-21(19)31-3/h4,6-7,9-10,12-13,20H,5,8,11,14-15H2,1-3H3,(H,25,28). The maximum absolute atomic E-state index is 13.3. The zero-order chi connectivity index (χ0) is 22.4. The van der Waals surface area contributed by atoms with Crippen molar-refractivity contribution in [1.29, 1.82) is 0 Å². The Kier molecular flexibility index (Phi) is 7.46. The van der Waals surface area contributed by atoms with E-state index >= 15 is 0 Å². The number of carbonyl (C=O) groups excluding carboxylic acids is 2. The fourth-order valence-corrected chi connectivity index (χ4v) is 3.88. The van der Waals surface area contributed by atoms with E-state index in [0.717, 1.165) is 18.4 Å². The Morgan fingerprint density at radius 1 is 1.16 bits per heavy atom. The van der Waals surface area contributed by atoms with Gasteiger partial charge < -0.3 is 19.7 Å². The number of halogens is 1. The quantitative estimate of drug-likeness (QED) is 0.698. The average molecular weight is 429 g/mol. The van der Waals surface area contributed by atoms with Crippen LogP contribution in [0.2, 0.25) is 0 Å². The van der Waals surface area contributed by atoms with E-state index in [2.05, 4.69) is 5.32 Å². The highest BCUT2D eigenvalue weighted by molar-refractivity contribution is 5.92. The van der Waals surface area contributed by atoms with Gasteiger partial charge in [0.15, 0.2) is 0 Å². The lowest BCUT2D eigenvalue weighted by Crippen LogP contribution is -2.41. The summed E-state index contributed by atoms with van der Waals surface area (Å²) in [6.07, 6.45) is 1.72. The molecule has 0 radical (unpaired) electrons. The molecule has 2 amide bonds. The lowest BCUT2D eigenvalue weighted by molar-refractivity contribution is -0.133. The monoisotopic (exact) mass is 429 g/mol. The first-order valence-corrected chi connectivity index (χ1v) is 10.2. The van der Waals surface area contributed by atoms with E-state index in [-0.39, 0.29) is 30.9 Å². The molecular weight excluding hydrogens is 401 g/mol. The molecular formula is C23H28FN3O4. The van der Waals surface area contributed by atoms with Gasteiger partial charge in [-0.2, -0.15) is 0 Å². The third-order valence-corrected chi connectivity index (χ3v) is 5.30. The average Bonchev–Trinajstić information content (AvgIpc) is 3.23. The molecule has 0 aromatic heterocycles. The Balaban J connectivity index is 1.62. The van der Waals surface area contributed by atoms with E-state index in [9.17, 15) is 14.0 Å². The van der Waals surface area contributed by atoms with Crippen LogP contribution < -0.4 is 14.8 Å². The van der Waals surface area contributed by atoms with Crippen molar-refractivity contribution < 1.29 is 23.5 Å². The highest BCUT2D eigenvalue weighted by atomic mass is 19.1. The maximum Gasteiger partial charge on any atom is 0.238 e. The van der Waals surface area contributed by atoms with Crippen molar-refractivity contribution in [2.45, 2.75) is 18.9 Å². The predicted molar refractivity (Wildman–Crippen MR) is 116 cm³/mol. The van der Waals surface area contributed by atoms with Crippen LogP contribution in [0.1, 0.15) is 24.4 Å². The molecule has 1 unspecified atom stereocenters. The summed E-state index contributed by atoms with van der Waals surface area (Å²) in [4.78, 5) is 28.7. The van der Waals surface area contributed by atoms with Crippen LogP contribution in [0, 0.1) is 5.82 Å². The topological polar surface area (TPSA) is 71.1 Å². The molecule has 31 heavy (non-hydrogen) atoms. The summed E-state index contributed by atoms with van der Waals surface area (Å²) in [6.45, 7) is 0.760. The number of hydrogen-bond acceptors (Lipinski definition) is 5. The molecule has 1 N–H and O–H groups in total. The molecule has 1 aliphatic rings. The van der Waals surface area contributed by atoms with Crippen LogP contribution >= 0.6 is 0 Å². The molecule has 0 bridgehead atoms. The molecule has 0 aliphatic carbocycles. The number of ether oxygens (including phenoxy) is 2. The second-order valence-electron chi connectivity index (χ2n) is 7.58.